The van der Waals surface area contributed by atoms with Crippen LogP contribution in [0.2, 0.25) is 0 Å². The third kappa shape index (κ3) is 4.19. The van der Waals surface area contributed by atoms with Crippen LogP contribution in [-0.2, 0) is 11.3 Å². The Balaban J connectivity index is 1.68. The summed E-state index contributed by atoms with van der Waals surface area (Å²) < 4.78 is 5.20. The van der Waals surface area contributed by atoms with E-state index in [-0.39, 0.29) is 6.54 Å². The Hall–Kier alpha value is -2.90. The molecule has 8 nitrogen and oxygen atoms in total. The molecular weight excluding hydrogens is 336 g/mol. The van der Waals surface area contributed by atoms with Crippen LogP contribution in [0.5, 0.6) is 0 Å². The number of aryl methyl sites for hydroxylation is 1. The van der Waals surface area contributed by atoms with E-state index in [1.54, 1.807) is 18.2 Å². The summed E-state index contributed by atoms with van der Waals surface area (Å²) in [6, 6.07) is 5.46. The summed E-state index contributed by atoms with van der Waals surface area (Å²) in [5.41, 5.74) is 1.45. The van der Waals surface area contributed by atoms with Crippen molar-refractivity contribution in [2.45, 2.75) is 45.2 Å². The zero-order chi connectivity index (χ0) is 18.7. The lowest BCUT2D eigenvalue weighted by Gasteiger charge is -2.23. The minimum absolute atomic E-state index is 0.165. The van der Waals surface area contributed by atoms with Crippen molar-refractivity contribution in [3.63, 3.8) is 0 Å². The summed E-state index contributed by atoms with van der Waals surface area (Å²) in [6.45, 7) is 4.23. The van der Waals surface area contributed by atoms with Gasteiger partial charge in [0.25, 0.3) is 0 Å². The summed E-state index contributed by atoms with van der Waals surface area (Å²) in [6.07, 6.45) is 2.10. The predicted molar refractivity (Wildman–Crippen MR) is 92.4 cm³/mol. The summed E-state index contributed by atoms with van der Waals surface area (Å²) in [5, 5.41) is 16.0. The highest BCUT2D eigenvalue weighted by molar-refractivity contribution is 5.83. The quantitative estimate of drug-likeness (QED) is 0.787. The summed E-state index contributed by atoms with van der Waals surface area (Å²) in [7, 11) is 0. The second-order valence-corrected chi connectivity index (χ2v) is 6.47. The number of carboxylic acid groups (broad SMARTS) is 1. The zero-order valence-electron chi connectivity index (χ0n) is 14.8. The van der Waals surface area contributed by atoms with Crippen molar-refractivity contribution in [2.24, 2.45) is 0 Å². The second kappa shape index (κ2) is 7.55. The molecule has 8 heteroatoms. The van der Waals surface area contributed by atoms with E-state index in [1.807, 2.05) is 19.9 Å². The van der Waals surface area contributed by atoms with E-state index < -0.39 is 18.0 Å². The molecule has 3 rings (SSSR count). The van der Waals surface area contributed by atoms with Crippen molar-refractivity contribution in [1.29, 1.82) is 0 Å². The molecule has 1 aromatic heterocycles. The molecule has 0 saturated heterocycles. The minimum atomic E-state index is -1.12. The second-order valence-electron chi connectivity index (χ2n) is 6.47. The number of hydrogen-bond donors (Lipinski definition) is 2. The van der Waals surface area contributed by atoms with Crippen molar-refractivity contribution in [2.75, 3.05) is 6.54 Å². The highest BCUT2D eigenvalue weighted by atomic mass is 16.5. The Morgan fingerprint density at radius 2 is 2.19 bits per heavy atom. The average molecular weight is 358 g/mol. The molecule has 1 aliphatic rings. The third-order valence-electron chi connectivity index (χ3n) is 4.30. The van der Waals surface area contributed by atoms with Crippen LogP contribution < -0.4 is 5.32 Å². The van der Waals surface area contributed by atoms with Gasteiger partial charge in [0, 0.05) is 12.5 Å². The summed E-state index contributed by atoms with van der Waals surface area (Å²) in [4.78, 5) is 30.0. The number of rotatable bonds is 7. The predicted octanol–water partition coefficient (Wildman–Crippen LogP) is 2.61. The number of hydrogen-bond acceptors (Lipinski definition) is 5. The van der Waals surface area contributed by atoms with E-state index >= 15 is 0 Å². The van der Waals surface area contributed by atoms with Crippen molar-refractivity contribution >= 4 is 12.0 Å². The smallest absolute Gasteiger partial charge is 0.330 e. The molecule has 1 heterocycles. The SMILES string of the molecule is CCN(Cc1noc(C2CC2)n1)C(=O)N[C@@H](C(=O)O)c1cccc(C)c1. The van der Waals surface area contributed by atoms with Gasteiger partial charge in [-0.05, 0) is 32.3 Å². The molecular formula is C18H22N4O4. The van der Waals surface area contributed by atoms with Crippen LogP contribution in [0.15, 0.2) is 28.8 Å². The molecule has 0 radical (unpaired) electrons. The van der Waals surface area contributed by atoms with E-state index in [0.29, 0.717) is 29.7 Å². The molecule has 2 N–H and O–H groups in total. The fraction of sp³-hybridized carbons (Fsp3) is 0.444. The lowest BCUT2D eigenvalue weighted by atomic mass is 10.0. The van der Waals surface area contributed by atoms with Crippen molar-refractivity contribution in [3.8, 4) is 0 Å². The van der Waals surface area contributed by atoms with Gasteiger partial charge in [0.05, 0.1) is 6.54 Å². The standard InChI is InChI=1S/C18H22N4O4/c1-3-22(10-14-19-16(26-21-14)12-7-8-12)18(25)20-15(17(23)24)13-6-4-5-11(2)9-13/h4-6,9,12,15H,3,7-8,10H2,1-2H3,(H,20,25)(H,23,24)/t15-/m1/s1. The lowest BCUT2D eigenvalue weighted by Crippen LogP contribution is -2.43. The number of benzene rings is 1. The summed E-state index contributed by atoms with van der Waals surface area (Å²) in [5.74, 6) is 0.263. The number of nitrogens with zero attached hydrogens (tertiary/aromatic N) is 3. The molecule has 0 unspecified atom stereocenters. The van der Waals surface area contributed by atoms with Gasteiger partial charge in [0.1, 0.15) is 0 Å². The zero-order valence-corrected chi connectivity index (χ0v) is 14.8. The Morgan fingerprint density at radius 1 is 1.42 bits per heavy atom. The van der Waals surface area contributed by atoms with Gasteiger partial charge in [-0.2, -0.15) is 4.98 Å². The molecule has 1 saturated carbocycles. The molecule has 2 aromatic rings. The van der Waals surface area contributed by atoms with E-state index in [2.05, 4.69) is 15.5 Å². The van der Waals surface area contributed by atoms with E-state index in [9.17, 15) is 14.7 Å². The third-order valence-corrected chi connectivity index (χ3v) is 4.30. The molecule has 0 spiro atoms. The Bertz CT molecular complexity index is 800. The topological polar surface area (TPSA) is 109 Å². The van der Waals surface area contributed by atoms with Crippen LogP contribution in [0.25, 0.3) is 0 Å². The van der Waals surface area contributed by atoms with Gasteiger partial charge in [-0.3, -0.25) is 0 Å². The van der Waals surface area contributed by atoms with Crippen molar-refractivity contribution in [3.05, 3.63) is 47.1 Å². The van der Waals surface area contributed by atoms with E-state index in [4.69, 9.17) is 4.52 Å². The Labute approximate surface area is 151 Å². The first kappa shape index (κ1) is 17.9. The first-order valence-electron chi connectivity index (χ1n) is 8.65. The number of carboxylic acids is 1. The molecule has 1 aliphatic carbocycles. The van der Waals surface area contributed by atoms with Crippen LogP contribution >= 0.6 is 0 Å². The number of carbonyl (C=O) groups excluding carboxylic acids is 1. The minimum Gasteiger partial charge on any atom is -0.479 e. The van der Waals surface area contributed by atoms with Gasteiger partial charge in [-0.15, -0.1) is 0 Å². The normalized spacial score (nSPS) is 14.7. The molecule has 2 amide bonds. The lowest BCUT2D eigenvalue weighted by molar-refractivity contribution is -0.139. The van der Waals surface area contributed by atoms with Gasteiger partial charge in [-0.1, -0.05) is 35.0 Å². The largest absolute Gasteiger partial charge is 0.479 e. The van der Waals surface area contributed by atoms with E-state index in [1.165, 1.54) is 4.90 Å². The average Bonchev–Trinajstić information content (AvgIpc) is 3.36. The molecule has 0 bridgehead atoms. The fourth-order valence-corrected chi connectivity index (χ4v) is 2.68. The van der Waals surface area contributed by atoms with Gasteiger partial charge in [0.2, 0.25) is 5.89 Å². The fourth-order valence-electron chi connectivity index (χ4n) is 2.68. The van der Waals surface area contributed by atoms with Gasteiger partial charge in [-0.25, -0.2) is 9.59 Å². The maximum absolute atomic E-state index is 12.6. The van der Waals surface area contributed by atoms with Crippen LogP contribution in [0.1, 0.15) is 54.6 Å². The first-order valence-corrected chi connectivity index (χ1v) is 8.65. The highest BCUT2D eigenvalue weighted by Gasteiger charge is 2.30. The van der Waals surface area contributed by atoms with Crippen LogP contribution in [0.3, 0.4) is 0 Å². The number of aliphatic carboxylic acids is 1. The number of amides is 2. The van der Waals surface area contributed by atoms with Crippen LogP contribution in [0.4, 0.5) is 4.79 Å². The van der Waals surface area contributed by atoms with Gasteiger partial charge < -0.3 is 19.8 Å². The van der Waals surface area contributed by atoms with Crippen LogP contribution in [0, 0.1) is 6.92 Å². The van der Waals surface area contributed by atoms with Crippen molar-refractivity contribution < 1.29 is 19.2 Å². The molecule has 26 heavy (non-hydrogen) atoms. The molecule has 0 aliphatic heterocycles. The molecule has 1 aromatic carbocycles. The summed E-state index contributed by atoms with van der Waals surface area (Å²) >= 11 is 0. The maximum atomic E-state index is 12.6. The Kier molecular flexibility index (Phi) is 5.20. The number of aromatic nitrogens is 2. The first-order chi connectivity index (χ1) is 12.5. The number of urea groups is 1. The molecule has 1 atom stereocenters. The maximum Gasteiger partial charge on any atom is 0.330 e. The van der Waals surface area contributed by atoms with Crippen LogP contribution in [-0.4, -0.2) is 38.7 Å². The number of nitrogens with one attached hydrogen (secondary N) is 1. The van der Waals surface area contributed by atoms with Crippen molar-refractivity contribution in [1.82, 2.24) is 20.4 Å². The molecule has 138 valence electrons. The molecule has 1 fully saturated rings. The van der Waals surface area contributed by atoms with Gasteiger partial charge >= 0.3 is 12.0 Å². The monoisotopic (exact) mass is 358 g/mol. The number of carbonyl (C=O) groups is 2. The van der Waals surface area contributed by atoms with Gasteiger partial charge in [0.15, 0.2) is 11.9 Å². The highest BCUT2D eigenvalue weighted by Crippen LogP contribution is 2.38. The Morgan fingerprint density at radius 3 is 2.81 bits per heavy atom. The van der Waals surface area contributed by atoms with E-state index in [0.717, 1.165) is 18.4 Å².